The Hall–Kier alpha value is -1.95. The van der Waals surface area contributed by atoms with Gasteiger partial charge in [-0.2, -0.15) is 0 Å². The first kappa shape index (κ1) is 17.4. The lowest BCUT2D eigenvalue weighted by atomic mass is 9.79. The van der Waals surface area contributed by atoms with E-state index in [4.69, 9.17) is 4.74 Å². The molecular formula is C17H22FNO4. The van der Waals surface area contributed by atoms with Gasteiger partial charge in [-0.05, 0) is 37.5 Å². The number of nitrogens with zero attached hydrogens (tertiary/aromatic N) is 1. The Morgan fingerprint density at radius 3 is 2.57 bits per heavy atom. The molecule has 23 heavy (non-hydrogen) atoms. The standard InChI is InChI=1S/C17H22FNO4/c1-12(13-4-3-5-14(18)10-13)15(20)19-8-6-17(7-9-19,11-23-2)16(21)22/h3-5,10,12H,6-9,11H2,1-2H3,(H,21,22). The fraction of sp³-hybridized carbons (Fsp3) is 0.529. The lowest BCUT2D eigenvalue weighted by molar-refractivity contribution is -0.158. The van der Waals surface area contributed by atoms with Crippen molar-refractivity contribution in [3.8, 4) is 0 Å². The van der Waals surface area contributed by atoms with Gasteiger partial charge in [0, 0.05) is 20.2 Å². The number of carboxylic acids is 1. The molecule has 1 N–H and O–H groups in total. The third-order valence-corrected chi connectivity index (χ3v) is 4.63. The quantitative estimate of drug-likeness (QED) is 0.903. The fourth-order valence-corrected chi connectivity index (χ4v) is 3.04. The molecule has 0 radical (unpaired) electrons. The van der Waals surface area contributed by atoms with Gasteiger partial charge < -0.3 is 14.7 Å². The van der Waals surface area contributed by atoms with E-state index < -0.39 is 17.3 Å². The maximum atomic E-state index is 13.3. The first-order valence-corrected chi connectivity index (χ1v) is 7.66. The van der Waals surface area contributed by atoms with Crippen LogP contribution in [0.5, 0.6) is 0 Å². The van der Waals surface area contributed by atoms with E-state index in [2.05, 4.69) is 0 Å². The molecule has 0 aliphatic carbocycles. The molecule has 5 nitrogen and oxygen atoms in total. The maximum absolute atomic E-state index is 13.3. The summed E-state index contributed by atoms with van der Waals surface area (Å²) >= 11 is 0. The topological polar surface area (TPSA) is 66.8 Å². The Morgan fingerprint density at radius 1 is 1.39 bits per heavy atom. The number of hydrogen-bond acceptors (Lipinski definition) is 3. The fourth-order valence-electron chi connectivity index (χ4n) is 3.04. The highest BCUT2D eigenvalue weighted by molar-refractivity contribution is 5.84. The van der Waals surface area contributed by atoms with Crippen molar-refractivity contribution in [1.29, 1.82) is 0 Å². The number of carbonyl (C=O) groups excluding carboxylic acids is 1. The Kier molecular flexibility index (Phi) is 5.36. The van der Waals surface area contributed by atoms with Crippen molar-refractivity contribution in [3.63, 3.8) is 0 Å². The zero-order chi connectivity index (χ0) is 17.0. The molecule has 126 valence electrons. The maximum Gasteiger partial charge on any atom is 0.312 e. The molecule has 1 saturated heterocycles. The molecule has 1 amide bonds. The zero-order valence-corrected chi connectivity index (χ0v) is 13.4. The molecule has 1 aliphatic rings. The predicted octanol–water partition coefficient (Wildman–Crippen LogP) is 2.27. The number of likely N-dealkylation sites (tertiary alicyclic amines) is 1. The van der Waals surface area contributed by atoms with E-state index in [-0.39, 0.29) is 18.3 Å². The molecule has 1 aromatic rings. The summed E-state index contributed by atoms with van der Waals surface area (Å²) in [5.74, 6) is -1.81. The molecule has 1 aromatic carbocycles. The van der Waals surface area contributed by atoms with Crippen LogP contribution in [0.2, 0.25) is 0 Å². The molecule has 1 fully saturated rings. The number of piperidine rings is 1. The van der Waals surface area contributed by atoms with Gasteiger partial charge in [-0.1, -0.05) is 12.1 Å². The highest BCUT2D eigenvalue weighted by Crippen LogP contribution is 2.33. The molecule has 6 heteroatoms. The van der Waals surface area contributed by atoms with Crippen molar-refractivity contribution >= 4 is 11.9 Å². The van der Waals surface area contributed by atoms with Crippen LogP contribution in [0.15, 0.2) is 24.3 Å². The SMILES string of the molecule is COCC1(C(=O)O)CCN(C(=O)C(C)c2cccc(F)c2)CC1. The van der Waals surface area contributed by atoms with Crippen LogP contribution in [0.1, 0.15) is 31.2 Å². The van der Waals surface area contributed by atoms with Crippen molar-refractivity contribution in [2.24, 2.45) is 5.41 Å². The van der Waals surface area contributed by atoms with Crippen molar-refractivity contribution in [3.05, 3.63) is 35.6 Å². The summed E-state index contributed by atoms with van der Waals surface area (Å²) in [6.45, 7) is 2.62. The average molecular weight is 323 g/mol. The van der Waals surface area contributed by atoms with Crippen molar-refractivity contribution in [1.82, 2.24) is 4.90 Å². The highest BCUT2D eigenvalue weighted by Gasteiger charge is 2.43. The van der Waals surface area contributed by atoms with E-state index in [1.807, 2.05) is 0 Å². The van der Waals surface area contributed by atoms with Gasteiger partial charge in [-0.25, -0.2) is 4.39 Å². The average Bonchev–Trinajstić information content (AvgIpc) is 2.54. The normalized spacial score (nSPS) is 18.5. The highest BCUT2D eigenvalue weighted by atomic mass is 19.1. The number of aliphatic carboxylic acids is 1. The van der Waals surface area contributed by atoms with Crippen molar-refractivity contribution in [2.45, 2.75) is 25.7 Å². The van der Waals surface area contributed by atoms with Gasteiger partial charge in [-0.3, -0.25) is 9.59 Å². The van der Waals surface area contributed by atoms with E-state index in [0.717, 1.165) is 0 Å². The number of ether oxygens (including phenoxy) is 1. The van der Waals surface area contributed by atoms with Crippen LogP contribution >= 0.6 is 0 Å². The summed E-state index contributed by atoms with van der Waals surface area (Å²) in [6.07, 6.45) is 0.718. The Bertz CT molecular complexity index is 582. The van der Waals surface area contributed by atoms with Crippen LogP contribution in [-0.2, 0) is 14.3 Å². The molecule has 0 spiro atoms. The predicted molar refractivity (Wildman–Crippen MR) is 82.6 cm³/mol. The number of amides is 1. The second kappa shape index (κ2) is 7.08. The lowest BCUT2D eigenvalue weighted by Gasteiger charge is -2.39. The summed E-state index contributed by atoms with van der Waals surface area (Å²) in [5, 5.41) is 9.44. The Morgan fingerprint density at radius 2 is 2.04 bits per heavy atom. The molecule has 1 aliphatic heterocycles. The molecule has 0 saturated carbocycles. The molecule has 1 unspecified atom stereocenters. The third-order valence-electron chi connectivity index (χ3n) is 4.63. The van der Waals surface area contributed by atoms with Gasteiger partial charge >= 0.3 is 5.97 Å². The van der Waals surface area contributed by atoms with E-state index in [1.165, 1.54) is 19.2 Å². The van der Waals surface area contributed by atoms with Gasteiger partial charge in [-0.15, -0.1) is 0 Å². The minimum absolute atomic E-state index is 0.105. The summed E-state index contributed by atoms with van der Waals surface area (Å²) in [7, 11) is 1.48. The number of benzene rings is 1. The number of methoxy groups -OCH3 is 1. The van der Waals surface area contributed by atoms with Crippen LogP contribution in [0.3, 0.4) is 0 Å². The lowest BCUT2D eigenvalue weighted by Crippen LogP contribution is -2.49. The van der Waals surface area contributed by atoms with Crippen molar-refractivity contribution < 1.29 is 23.8 Å². The first-order chi connectivity index (χ1) is 10.9. The van der Waals surface area contributed by atoms with E-state index in [0.29, 0.717) is 31.5 Å². The smallest absolute Gasteiger partial charge is 0.312 e. The van der Waals surface area contributed by atoms with Crippen LogP contribution in [0.4, 0.5) is 4.39 Å². The third kappa shape index (κ3) is 3.69. The van der Waals surface area contributed by atoms with Gasteiger partial charge in [0.25, 0.3) is 0 Å². The largest absolute Gasteiger partial charge is 0.481 e. The molecule has 0 aromatic heterocycles. The minimum atomic E-state index is -0.923. The van der Waals surface area contributed by atoms with E-state index in [1.54, 1.807) is 24.0 Å². The molecule has 1 atom stereocenters. The number of halogens is 1. The van der Waals surface area contributed by atoms with Gasteiger partial charge in [0.2, 0.25) is 5.91 Å². The molecule has 2 rings (SSSR count). The minimum Gasteiger partial charge on any atom is -0.481 e. The second-order valence-electron chi connectivity index (χ2n) is 6.12. The zero-order valence-electron chi connectivity index (χ0n) is 13.4. The van der Waals surface area contributed by atoms with Crippen LogP contribution in [0.25, 0.3) is 0 Å². The van der Waals surface area contributed by atoms with E-state index in [9.17, 15) is 19.1 Å². The van der Waals surface area contributed by atoms with Crippen LogP contribution < -0.4 is 0 Å². The van der Waals surface area contributed by atoms with Crippen molar-refractivity contribution in [2.75, 3.05) is 26.8 Å². The number of rotatable bonds is 5. The van der Waals surface area contributed by atoms with E-state index >= 15 is 0 Å². The summed E-state index contributed by atoms with van der Waals surface area (Å²) in [5.41, 5.74) is -0.296. The second-order valence-corrected chi connectivity index (χ2v) is 6.12. The summed E-state index contributed by atoms with van der Waals surface area (Å²) < 4.78 is 18.4. The number of hydrogen-bond donors (Lipinski definition) is 1. The summed E-state index contributed by atoms with van der Waals surface area (Å²) in [4.78, 5) is 25.7. The van der Waals surface area contributed by atoms with Gasteiger partial charge in [0.05, 0.1) is 17.9 Å². The molecule has 1 heterocycles. The first-order valence-electron chi connectivity index (χ1n) is 7.66. The number of carbonyl (C=O) groups is 2. The molecule has 0 bridgehead atoms. The Labute approximate surface area is 135 Å². The number of carboxylic acid groups (broad SMARTS) is 1. The molecular weight excluding hydrogens is 301 g/mol. The van der Waals surface area contributed by atoms with Crippen LogP contribution in [0, 0.1) is 11.2 Å². The van der Waals surface area contributed by atoms with Gasteiger partial charge in [0.1, 0.15) is 5.82 Å². The van der Waals surface area contributed by atoms with Crippen LogP contribution in [-0.4, -0.2) is 48.7 Å². The van der Waals surface area contributed by atoms with Gasteiger partial charge in [0.15, 0.2) is 0 Å². The summed E-state index contributed by atoms with van der Waals surface area (Å²) in [6, 6.07) is 6.01. The monoisotopic (exact) mass is 323 g/mol. The Balaban J connectivity index is 2.04.